The molecule has 1 atom stereocenters. The highest BCUT2D eigenvalue weighted by Crippen LogP contribution is 2.16. The number of aliphatic hydroxyl groups excluding tert-OH is 1. The lowest BCUT2D eigenvalue weighted by molar-refractivity contribution is 0.173. The predicted octanol–water partition coefficient (Wildman–Crippen LogP) is 3.12. The van der Waals surface area contributed by atoms with E-state index in [1.165, 1.54) is 19.3 Å². The molecule has 1 aromatic rings. The smallest absolute Gasteiger partial charge is 0.0802 e. The van der Waals surface area contributed by atoms with E-state index >= 15 is 0 Å². The highest BCUT2D eigenvalue weighted by Gasteiger charge is 2.05. The average Bonchev–Trinajstić information content (AvgIpc) is 2.66. The van der Waals surface area contributed by atoms with Gasteiger partial charge in [-0.3, -0.25) is 0 Å². The minimum atomic E-state index is -0.289. The molecular weight excluding hydrogens is 174 g/mol. The van der Waals surface area contributed by atoms with Crippen molar-refractivity contribution in [1.82, 2.24) is 4.57 Å². The maximum Gasteiger partial charge on any atom is 0.0802 e. The van der Waals surface area contributed by atoms with Crippen molar-refractivity contribution in [3.8, 4) is 0 Å². The summed E-state index contributed by atoms with van der Waals surface area (Å²) in [4.78, 5) is 0. The second kappa shape index (κ2) is 5.86. The molecule has 0 saturated heterocycles. The second-order valence-electron chi connectivity index (χ2n) is 3.81. The molecule has 0 aliphatic heterocycles. The van der Waals surface area contributed by atoms with E-state index in [9.17, 15) is 5.11 Å². The standard InChI is InChI=1S/C12H21NO/c1-3-5-6-8-13-9-7-11(10-13)12(14)4-2/h7,9-10,12,14H,3-6,8H2,1-2H3. The first-order valence-corrected chi connectivity index (χ1v) is 5.61. The van der Waals surface area contributed by atoms with Crippen LogP contribution in [0.4, 0.5) is 0 Å². The Morgan fingerprint density at radius 3 is 2.79 bits per heavy atom. The Balaban J connectivity index is 2.42. The van der Waals surface area contributed by atoms with E-state index in [1.54, 1.807) is 0 Å². The average molecular weight is 195 g/mol. The van der Waals surface area contributed by atoms with Crippen LogP contribution in [0.3, 0.4) is 0 Å². The molecule has 1 N–H and O–H groups in total. The molecule has 0 fully saturated rings. The molecule has 0 bridgehead atoms. The van der Waals surface area contributed by atoms with Gasteiger partial charge in [-0.05, 0) is 24.5 Å². The first kappa shape index (κ1) is 11.3. The molecule has 14 heavy (non-hydrogen) atoms. The normalized spacial score (nSPS) is 13.1. The highest BCUT2D eigenvalue weighted by molar-refractivity contribution is 5.13. The highest BCUT2D eigenvalue weighted by atomic mass is 16.3. The number of hydrogen-bond acceptors (Lipinski definition) is 1. The van der Waals surface area contributed by atoms with Gasteiger partial charge in [-0.2, -0.15) is 0 Å². The number of nitrogens with zero attached hydrogens (tertiary/aromatic N) is 1. The van der Waals surface area contributed by atoms with Gasteiger partial charge in [0.15, 0.2) is 0 Å². The van der Waals surface area contributed by atoms with Crippen molar-refractivity contribution in [3.05, 3.63) is 24.0 Å². The summed E-state index contributed by atoms with van der Waals surface area (Å²) in [5.74, 6) is 0. The molecule has 0 spiro atoms. The lowest BCUT2D eigenvalue weighted by Gasteiger charge is -2.04. The largest absolute Gasteiger partial charge is 0.388 e. The van der Waals surface area contributed by atoms with Crippen molar-refractivity contribution in [2.45, 2.75) is 52.2 Å². The summed E-state index contributed by atoms with van der Waals surface area (Å²) < 4.78 is 2.17. The number of aromatic nitrogens is 1. The molecule has 2 nitrogen and oxygen atoms in total. The molecule has 2 heteroatoms. The number of rotatable bonds is 6. The van der Waals surface area contributed by atoms with E-state index in [2.05, 4.69) is 23.9 Å². The van der Waals surface area contributed by atoms with Crippen molar-refractivity contribution in [3.63, 3.8) is 0 Å². The molecule has 1 rings (SSSR count). The topological polar surface area (TPSA) is 25.2 Å². The Labute approximate surface area is 86.6 Å². The monoisotopic (exact) mass is 195 g/mol. The third-order valence-corrected chi connectivity index (χ3v) is 2.56. The molecule has 1 aromatic heterocycles. The van der Waals surface area contributed by atoms with Gasteiger partial charge in [0.05, 0.1) is 6.10 Å². The van der Waals surface area contributed by atoms with Gasteiger partial charge in [0, 0.05) is 18.9 Å². The number of unbranched alkanes of at least 4 members (excludes halogenated alkanes) is 2. The van der Waals surface area contributed by atoms with Crippen LogP contribution in [0.25, 0.3) is 0 Å². The predicted molar refractivity (Wildman–Crippen MR) is 59.2 cm³/mol. The van der Waals surface area contributed by atoms with E-state index in [1.807, 2.05) is 13.0 Å². The maximum atomic E-state index is 9.60. The number of hydrogen-bond donors (Lipinski definition) is 1. The summed E-state index contributed by atoms with van der Waals surface area (Å²) in [6.45, 7) is 5.28. The van der Waals surface area contributed by atoms with E-state index in [0.29, 0.717) is 0 Å². The van der Waals surface area contributed by atoms with E-state index < -0.39 is 0 Å². The summed E-state index contributed by atoms with van der Waals surface area (Å²) in [6, 6.07) is 2.01. The molecule has 0 aromatic carbocycles. The fourth-order valence-electron chi connectivity index (χ4n) is 1.58. The van der Waals surface area contributed by atoms with Crippen LogP contribution in [0.1, 0.15) is 51.2 Å². The third-order valence-electron chi connectivity index (χ3n) is 2.56. The van der Waals surface area contributed by atoms with Crippen LogP contribution >= 0.6 is 0 Å². The van der Waals surface area contributed by atoms with E-state index in [4.69, 9.17) is 0 Å². The van der Waals surface area contributed by atoms with Crippen LogP contribution in [0, 0.1) is 0 Å². The zero-order valence-corrected chi connectivity index (χ0v) is 9.24. The minimum absolute atomic E-state index is 0.289. The summed E-state index contributed by atoms with van der Waals surface area (Å²) in [5.41, 5.74) is 1.05. The molecule has 0 radical (unpaired) electrons. The van der Waals surface area contributed by atoms with Gasteiger partial charge in [0.25, 0.3) is 0 Å². The second-order valence-corrected chi connectivity index (χ2v) is 3.81. The quantitative estimate of drug-likeness (QED) is 0.693. The molecule has 0 aliphatic rings. The van der Waals surface area contributed by atoms with Gasteiger partial charge < -0.3 is 9.67 Å². The summed E-state index contributed by atoms with van der Waals surface area (Å²) in [6.07, 6.45) is 8.39. The first-order valence-electron chi connectivity index (χ1n) is 5.61. The summed E-state index contributed by atoms with van der Waals surface area (Å²) in [7, 11) is 0. The Morgan fingerprint density at radius 2 is 2.14 bits per heavy atom. The molecule has 1 heterocycles. The lowest BCUT2D eigenvalue weighted by atomic mass is 10.1. The van der Waals surface area contributed by atoms with Gasteiger partial charge in [-0.1, -0.05) is 26.7 Å². The molecular formula is C12H21NO. The minimum Gasteiger partial charge on any atom is -0.388 e. The van der Waals surface area contributed by atoms with Crippen LogP contribution in [-0.4, -0.2) is 9.67 Å². The van der Waals surface area contributed by atoms with Crippen LogP contribution in [0.5, 0.6) is 0 Å². The third kappa shape index (κ3) is 3.18. The molecule has 0 saturated carbocycles. The van der Waals surface area contributed by atoms with Crippen molar-refractivity contribution in [2.75, 3.05) is 0 Å². The maximum absolute atomic E-state index is 9.60. The van der Waals surface area contributed by atoms with Crippen LogP contribution < -0.4 is 0 Å². The van der Waals surface area contributed by atoms with E-state index in [-0.39, 0.29) is 6.10 Å². The van der Waals surface area contributed by atoms with Crippen LogP contribution in [-0.2, 0) is 6.54 Å². The van der Waals surface area contributed by atoms with Gasteiger partial charge in [-0.25, -0.2) is 0 Å². The van der Waals surface area contributed by atoms with Crippen molar-refractivity contribution in [2.24, 2.45) is 0 Å². The van der Waals surface area contributed by atoms with Gasteiger partial charge >= 0.3 is 0 Å². The molecule has 80 valence electrons. The van der Waals surface area contributed by atoms with Gasteiger partial charge in [-0.15, -0.1) is 0 Å². The first-order chi connectivity index (χ1) is 6.77. The number of aliphatic hydroxyl groups is 1. The molecule has 1 unspecified atom stereocenters. The fourth-order valence-corrected chi connectivity index (χ4v) is 1.58. The van der Waals surface area contributed by atoms with Gasteiger partial charge in [0.2, 0.25) is 0 Å². The van der Waals surface area contributed by atoms with Crippen LogP contribution in [0.15, 0.2) is 18.5 Å². The van der Waals surface area contributed by atoms with Gasteiger partial charge in [0.1, 0.15) is 0 Å². The van der Waals surface area contributed by atoms with Crippen molar-refractivity contribution >= 4 is 0 Å². The van der Waals surface area contributed by atoms with Crippen molar-refractivity contribution in [1.29, 1.82) is 0 Å². The number of aryl methyl sites for hydroxylation is 1. The SMILES string of the molecule is CCCCCn1ccc(C(O)CC)c1. The Bertz CT molecular complexity index is 255. The van der Waals surface area contributed by atoms with Crippen LogP contribution in [0.2, 0.25) is 0 Å². The molecule has 0 amide bonds. The Hall–Kier alpha value is -0.760. The van der Waals surface area contributed by atoms with E-state index in [0.717, 1.165) is 18.5 Å². The lowest BCUT2D eigenvalue weighted by Crippen LogP contribution is -1.96. The zero-order valence-electron chi connectivity index (χ0n) is 9.24. The zero-order chi connectivity index (χ0) is 10.4. The Kier molecular flexibility index (Phi) is 4.74. The van der Waals surface area contributed by atoms with Crippen molar-refractivity contribution < 1.29 is 5.11 Å². The summed E-state index contributed by atoms with van der Waals surface area (Å²) in [5, 5.41) is 9.60. The Morgan fingerprint density at radius 1 is 1.36 bits per heavy atom. The fraction of sp³-hybridized carbons (Fsp3) is 0.667. The molecule has 0 aliphatic carbocycles. The summed E-state index contributed by atoms with van der Waals surface area (Å²) >= 11 is 0.